The number of fused-ring (bicyclic) bond motifs is 1. The van der Waals surface area contributed by atoms with E-state index in [0.717, 1.165) is 5.39 Å². The van der Waals surface area contributed by atoms with Crippen LogP contribution >= 0.6 is 11.6 Å². The van der Waals surface area contributed by atoms with Crippen molar-refractivity contribution in [1.82, 2.24) is 4.98 Å². The maximum atomic E-state index is 12.4. The molecular weight excluding hydrogens is 286 g/mol. The summed E-state index contributed by atoms with van der Waals surface area (Å²) in [7, 11) is 0. The normalized spacial score (nSPS) is 10.5. The topological polar surface area (TPSA) is 68.0 Å². The van der Waals surface area contributed by atoms with Gasteiger partial charge >= 0.3 is 0 Å². The van der Waals surface area contributed by atoms with Crippen LogP contribution in [0.15, 0.2) is 54.7 Å². The van der Waals surface area contributed by atoms with Gasteiger partial charge in [-0.1, -0.05) is 29.8 Å². The number of halogens is 1. The second-order valence-corrected chi connectivity index (χ2v) is 5.00. The molecule has 3 aromatic rings. The number of nitrogens with one attached hydrogen (secondary N) is 1. The van der Waals surface area contributed by atoms with Gasteiger partial charge in [0.1, 0.15) is 0 Å². The molecule has 0 saturated carbocycles. The van der Waals surface area contributed by atoms with Gasteiger partial charge < -0.3 is 11.1 Å². The third kappa shape index (κ3) is 2.66. The number of hydrogen-bond acceptors (Lipinski definition) is 3. The number of nitrogens with two attached hydrogens (primary N) is 1. The fraction of sp³-hybridized carbons (Fsp3) is 0. The highest BCUT2D eigenvalue weighted by Crippen LogP contribution is 2.24. The second kappa shape index (κ2) is 5.42. The highest BCUT2D eigenvalue weighted by Gasteiger charge is 2.12. The van der Waals surface area contributed by atoms with Gasteiger partial charge in [0.05, 0.1) is 22.5 Å². The smallest absolute Gasteiger partial charge is 0.257 e. The van der Waals surface area contributed by atoms with E-state index < -0.39 is 0 Å². The van der Waals surface area contributed by atoms with Gasteiger partial charge in [0.25, 0.3) is 5.91 Å². The number of nitrogen functional groups attached to an aromatic ring is 1. The molecule has 1 amide bonds. The summed E-state index contributed by atoms with van der Waals surface area (Å²) < 4.78 is 0. The minimum Gasteiger partial charge on any atom is -0.397 e. The van der Waals surface area contributed by atoms with Crippen molar-refractivity contribution in [2.75, 3.05) is 11.1 Å². The van der Waals surface area contributed by atoms with Gasteiger partial charge in [-0.25, -0.2) is 0 Å². The van der Waals surface area contributed by atoms with Gasteiger partial charge in [-0.2, -0.15) is 0 Å². The van der Waals surface area contributed by atoms with Crippen LogP contribution in [0, 0.1) is 0 Å². The first-order valence-electron chi connectivity index (χ1n) is 6.35. The number of pyridine rings is 1. The Morgan fingerprint density at radius 3 is 2.81 bits per heavy atom. The Morgan fingerprint density at radius 2 is 1.95 bits per heavy atom. The van der Waals surface area contributed by atoms with Gasteiger partial charge in [0, 0.05) is 16.6 Å². The van der Waals surface area contributed by atoms with E-state index in [-0.39, 0.29) is 5.91 Å². The molecule has 3 N–H and O–H groups in total. The molecule has 0 aliphatic carbocycles. The number of hydrogen-bond donors (Lipinski definition) is 2. The average Bonchev–Trinajstić information content (AvgIpc) is 2.50. The summed E-state index contributed by atoms with van der Waals surface area (Å²) in [5.74, 6) is -0.270. The van der Waals surface area contributed by atoms with Crippen molar-refractivity contribution in [2.24, 2.45) is 0 Å². The van der Waals surface area contributed by atoms with E-state index in [4.69, 9.17) is 17.3 Å². The first kappa shape index (κ1) is 13.4. The lowest BCUT2D eigenvalue weighted by Gasteiger charge is -2.10. The van der Waals surface area contributed by atoms with Gasteiger partial charge in [0.2, 0.25) is 0 Å². The first-order valence-corrected chi connectivity index (χ1v) is 6.73. The summed E-state index contributed by atoms with van der Waals surface area (Å²) in [6, 6.07) is 14.1. The average molecular weight is 298 g/mol. The summed E-state index contributed by atoms with van der Waals surface area (Å²) in [5.41, 5.74) is 7.93. The lowest BCUT2D eigenvalue weighted by Crippen LogP contribution is -2.14. The van der Waals surface area contributed by atoms with Crippen molar-refractivity contribution >= 4 is 39.8 Å². The monoisotopic (exact) mass is 297 g/mol. The van der Waals surface area contributed by atoms with Crippen LogP contribution in [-0.2, 0) is 0 Å². The number of rotatable bonds is 2. The van der Waals surface area contributed by atoms with E-state index in [1.807, 2.05) is 24.3 Å². The largest absolute Gasteiger partial charge is 0.397 e. The summed E-state index contributed by atoms with van der Waals surface area (Å²) in [5, 5.41) is 4.19. The SMILES string of the molecule is Nc1ccc(Cl)cc1NC(=O)c1cccc2cccnc12. The number of nitrogens with zero attached hydrogens (tertiary/aromatic N) is 1. The highest BCUT2D eigenvalue weighted by molar-refractivity contribution is 6.31. The van der Waals surface area contributed by atoms with Crippen LogP contribution in [0.5, 0.6) is 0 Å². The van der Waals surface area contributed by atoms with E-state index in [9.17, 15) is 4.79 Å². The van der Waals surface area contributed by atoms with Gasteiger partial charge in [-0.05, 0) is 30.3 Å². The zero-order valence-electron chi connectivity index (χ0n) is 11.0. The molecule has 0 spiro atoms. The number of para-hydroxylation sites is 1. The summed E-state index contributed by atoms with van der Waals surface area (Å²) in [4.78, 5) is 16.7. The molecule has 3 rings (SSSR count). The molecule has 0 bridgehead atoms. The van der Waals surface area contributed by atoms with Crippen molar-refractivity contribution in [1.29, 1.82) is 0 Å². The fourth-order valence-corrected chi connectivity index (χ4v) is 2.29. The van der Waals surface area contributed by atoms with Gasteiger partial charge in [-0.15, -0.1) is 0 Å². The maximum Gasteiger partial charge on any atom is 0.257 e. The van der Waals surface area contributed by atoms with E-state index in [1.165, 1.54) is 0 Å². The van der Waals surface area contributed by atoms with Gasteiger partial charge in [0.15, 0.2) is 0 Å². The number of benzene rings is 2. The number of carbonyl (C=O) groups excluding carboxylic acids is 1. The third-order valence-electron chi connectivity index (χ3n) is 3.14. The van der Waals surface area contributed by atoms with E-state index in [1.54, 1.807) is 30.5 Å². The fourth-order valence-electron chi connectivity index (χ4n) is 2.11. The molecule has 0 aliphatic rings. The van der Waals surface area contributed by atoms with Crippen LogP contribution in [0.25, 0.3) is 10.9 Å². The number of anilines is 2. The number of carbonyl (C=O) groups is 1. The zero-order valence-corrected chi connectivity index (χ0v) is 11.8. The van der Waals surface area contributed by atoms with Crippen LogP contribution in [-0.4, -0.2) is 10.9 Å². The second-order valence-electron chi connectivity index (χ2n) is 4.57. The molecule has 0 atom stereocenters. The van der Waals surface area contributed by atoms with Crippen LogP contribution in [0.3, 0.4) is 0 Å². The molecule has 4 nitrogen and oxygen atoms in total. The number of aromatic nitrogens is 1. The van der Waals surface area contributed by atoms with Crippen LogP contribution in [0.4, 0.5) is 11.4 Å². The molecule has 1 aromatic heterocycles. The summed E-state index contributed by atoms with van der Waals surface area (Å²) in [6.07, 6.45) is 1.66. The lowest BCUT2D eigenvalue weighted by atomic mass is 10.1. The zero-order chi connectivity index (χ0) is 14.8. The molecule has 2 aromatic carbocycles. The minimum atomic E-state index is -0.270. The van der Waals surface area contributed by atoms with Crippen molar-refractivity contribution in [3.63, 3.8) is 0 Å². The molecule has 0 fully saturated rings. The Kier molecular flexibility index (Phi) is 3.46. The third-order valence-corrected chi connectivity index (χ3v) is 3.38. The summed E-state index contributed by atoms with van der Waals surface area (Å²) >= 11 is 5.92. The van der Waals surface area contributed by atoms with Crippen molar-refractivity contribution < 1.29 is 4.79 Å². The number of amides is 1. The Hall–Kier alpha value is -2.59. The quantitative estimate of drug-likeness (QED) is 0.708. The minimum absolute atomic E-state index is 0.270. The Labute approximate surface area is 126 Å². The van der Waals surface area contributed by atoms with E-state index in [2.05, 4.69) is 10.3 Å². The standard InChI is InChI=1S/C16H12ClN3O/c17-11-6-7-13(18)14(9-11)20-16(21)12-5-1-3-10-4-2-8-19-15(10)12/h1-9H,18H2,(H,20,21). The maximum absolute atomic E-state index is 12.4. The first-order chi connectivity index (χ1) is 10.1. The van der Waals surface area contributed by atoms with Crippen molar-refractivity contribution in [2.45, 2.75) is 0 Å². The molecular formula is C16H12ClN3O. The molecule has 0 aliphatic heterocycles. The van der Waals surface area contributed by atoms with Crippen LogP contribution < -0.4 is 11.1 Å². The Morgan fingerprint density at radius 1 is 1.14 bits per heavy atom. The highest BCUT2D eigenvalue weighted by atomic mass is 35.5. The summed E-state index contributed by atoms with van der Waals surface area (Å²) in [6.45, 7) is 0. The van der Waals surface area contributed by atoms with E-state index in [0.29, 0.717) is 27.5 Å². The predicted molar refractivity (Wildman–Crippen MR) is 85.6 cm³/mol. The molecule has 0 unspecified atom stereocenters. The van der Waals surface area contributed by atoms with Crippen molar-refractivity contribution in [3.05, 3.63) is 65.3 Å². The molecule has 5 heteroatoms. The lowest BCUT2D eigenvalue weighted by molar-refractivity contribution is 0.102. The molecule has 104 valence electrons. The molecule has 0 saturated heterocycles. The van der Waals surface area contributed by atoms with Crippen LogP contribution in [0.2, 0.25) is 5.02 Å². The van der Waals surface area contributed by atoms with Crippen LogP contribution in [0.1, 0.15) is 10.4 Å². The Bertz CT molecular complexity index is 827. The molecule has 1 heterocycles. The molecule has 21 heavy (non-hydrogen) atoms. The predicted octanol–water partition coefficient (Wildman–Crippen LogP) is 3.72. The van der Waals surface area contributed by atoms with E-state index >= 15 is 0 Å². The van der Waals surface area contributed by atoms with Gasteiger partial charge in [-0.3, -0.25) is 9.78 Å². The van der Waals surface area contributed by atoms with Crippen molar-refractivity contribution in [3.8, 4) is 0 Å². The Balaban J connectivity index is 1.99. The molecule has 0 radical (unpaired) electrons.